The number of ether oxygens (including phenoxy) is 1. The average Bonchev–Trinajstić information content (AvgIpc) is 2.93. The first-order valence-electron chi connectivity index (χ1n) is 7.21. The van der Waals surface area contributed by atoms with Crippen molar-refractivity contribution in [2.24, 2.45) is 0 Å². The van der Waals surface area contributed by atoms with E-state index in [0.717, 1.165) is 12.8 Å². The summed E-state index contributed by atoms with van der Waals surface area (Å²) in [5.41, 5.74) is 0. The molecule has 1 fully saturated rings. The first-order chi connectivity index (χ1) is 9.12. The molecule has 0 unspecified atom stereocenters. The summed E-state index contributed by atoms with van der Waals surface area (Å²) in [6, 6.07) is 0.346. The molecule has 0 heterocycles. The van der Waals surface area contributed by atoms with E-state index >= 15 is 0 Å². The van der Waals surface area contributed by atoms with Gasteiger partial charge in [0.05, 0.1) is 20.2 Å². The van der Waals surface area contributed by atoms with Crippen LogP contribution in [-0.2, 0) is 14.3 Å². The molecule has 5 nitrogen and oxygen atoms in total. The van der Waals surface area contributed by atoms with Crippen molar-refractivity contribution in [2.45, 2.75) is 45.6 Å². The molecule has 0 bridgehead atoms. The highest BCUT2D eigenvalue weighted by Crippen LogP contribution is 2.23. The minimum Gasteiger partial charge on any atom is -0.468 e. The van der Waals surface area contributed by atoms with Gasteiger partial charge in [-0.05, 0) is 26.7 Å². The zero-order valence-electron chi connectivity index (χ0n) is 12.4. The van der Waals surface area contributed by atoms with Crippen LogP contribution in [0.5, 0.6) is 0 Å². The van der Waals surface area contributed by atoms with Gasteiger partial charge in [0.2, 0.25) is 5.91 Å². The van der Waals surface area contributed by atoms with Crippen LogP contribution in [0.15, 0.2) is 0 Å². The number of rotatable bonds is 7. The van der Waals surface area contributed by atoms with Crippen LogP contribution in [0.2, 0.25) is 0 Å². The van der Waals surface area contributed by atoms with Crippen LogP contribution in [0.25, 0.3) is 0 Å². The van der Waals surface area contributed by atoms with Gasteiger partial charge in [-0.3, -0.25) is 14.5 Å². The van der Waals surface area contributed by atoms with Gasteiger partial charge in [0.25, 0.3) is 0 Å². The smallest absolute Gasteiger partial charge is 0.319 e. The number of amides is 1. The summed E-state index contributed by atoms with van der Waals surface area (Å²) in [7, 11) is 1.39. The molecule has 5 heteroatoms. The first-order valence-corrected chi connectivity index (χ1v) is 7.21. The molecule has 0 aromatic rings. The molecular formula is C14H26N2O3. The molecule has 1 saturated carbocycles. The van der Waals surface area contributed by atoms with Crippen LogP contribution in [0, 0.1) is 0 Å². The Labute approximate surface area is 115 Å². The number of likely N-dealkylation sites (N-methyl/N-ethyl adjacent to an activating group) is 1. The maximum absolute atomic E-state index is 12.2. The van der Waals surface area contributed by atoms with Crippen molar-refractivity contribution in [2.75, 3.05) is 33.3 Å². The van der Waals surface area contributed by atoms with E-state index in [4.69, 9.17) is 4.74 Å². The minimum atomic E-state index is -0.265. The molecule has 0 aromatic carbocycles. The summed E-state index contributed by atoms with van der Waals surface area (Å²) < 4.78 is 4.73. The summed E-state index contributed by atoms with van der Waals surface area (Å²) in [5, 5.41) is 0. The van der Waals surface area contributed by atoms with Gasteiger partial charge >= 0.3 is 5.97 Å². The summed E-state index contributed by atoms with van der Waals surface area (Å²) >= 11 is 0. The first kappa shape index (κ1) is 16.0. The van der Waals surface area contributed by atoms with Crippen LogP contribution in [-0.4, -0.2) is 61.0 Å². The van der Waals surface area contributed by atoms with Crippen molar-refractivity contribution in [3.05, 3.63) is 0 Å². The van der Waals surface area contributed by atoms with Crippen molar-refractivity contribution in [3.8, 4) is 0 Å². The van der Waals surface area contributed by atoms with E-state index in [2.05, 4.69) is 0 Å². The molecule has 1 rings (SSSR count). The standard InChI is InChI=1S/C14H26N2O3/c1-4-15(5-2)13(17)10-16(11-14(18)19-3)12-8-6-7-9-12/h12H,4-11H2,1-3H3. The van der Waals surface area contributed by atoms with Gasteiger partial charge in [-0.2, -0.15) is 0 Å². The lowest BCUT2D eigenvalue weighted by molar-refractivity contribution is -0.143. The Balaban J connectivity index is 2.62. The highest BCUT2D eigenvalue weighted by Gasteiger charge is 2.27. The number of methoxy groups -OCH3 is 1. The Morgan fingerprint density at radius 2 is 1.68 bits per heavy atom. The number of carbonyl (C=O) groups excluding carboxylic acids is 2. The van der Waals surface area contributed by atoms with Gasteiger partial charge in [0.15, 0.2) is 0 Å². The van der Waals surface area contributed by atoms with E-state index in [1.54, 1.807) is 4.90 Å². The highest BCUT2D eigenvalue weighted by molar-refractivity contribution is 5.79. The van der Waals surface area contributed by atoms with Gasteiger partial charge in [-0.1, -0.05) is 12.8 Å². The maximum Gasteiger partial charge on any atom is 0.319 e. The van der Waals surface area contributed by atoms with E-state index in [9.17, 15) is 9.59 Å². The summed E-state index contributed by atoms with van der Waals surface area (Å²) in [4.78, 5) is 27.4. The van der Waals surface area contributed by atoms with Crippen molar-refractivity contribution in [1.29, 1.82) is 0 Å². The Morgan fingerprint density at radius 3 is 2.16 bits per heavy atom. The van der Waals surface area contributed by atoms with Crippen LogP contribution in [0.1, 0.15) is 39.5 Å². The number of nitrogens with zero attached hydrogens (tertiary/aromatic N) is 2. The highest BCUT2D eigenvalue weighted by atomic mass is 16.5. The molecular weight excluding hydrogens is 244 g/mol. The number of esters is 1. The van der Waals surface area contributed by atoms with Crippen molar-refractivity contribution in [1.82, 2.24) is 9.80 Å². The zero-order chi connectivity index (χ0) is 14.3. The van der Waals surface area contributed by atoms with Gasteiger partial charge < -0.3 is 9.64 Å². The average molecular weight is 270 g/mol. The Hall–Kier alpha value is -1.10. The van der Waals surface area contributed by atoms with Crippen LogP contribution < -0.4 is 0 Å². The molecule has 0 saturated heterocycles. The van der Waals surface area contributed by atoms with Crippen molar-refractivity contribution >= 4 is 11.9 Å². The maximum atomic E-state index is 12.2. The fraction of sp³-hybridized carbons (Fsp3) is 0.857. The van der Waals surface area contributed by atoms with E-state index in [1.807, 2.05) is 18.7 Å². The molecule has 0 aromatic heterocycles. The van der Waals surface area contributed by atoms with Crippen molar-refractivity contribution < 1.29 is 14.3 Å². The molecule has 0 radical (unpaired) electrons. The van der Waals surface area contributed by atoms with E-state index < -0.39 is 0 Å². The van der Waals surface area contributed by atoms with Crippen molar-refractivity contribution in [3.63, 3.8) is 0 Å². The molecule has 1 amide bonds. The van der Waals surface area contributed by atoms with E-state index in [1.165, 1.54) is 20.0 Å². The lowest BCUT2D eigenvalue weighted by Gasteiger charge is -2.29. The predicted molar refractivity (Wildman–Crippen MR) is 73.8 cm³/mol. The fourth-order valence-electron chi connectivity index (χ4n) is 2.66. The van der Waals surface area contributed by atoms with Gasteiger partial charge in [-0.15, -0.1) is 0 Å². The third-order valence-corrected chi connectivity index (χ3v) is 3.86. The van der Waals surface area contributed by atoms with Crippen LogP contribution >= 0.6 is 0 Å². The number of hydrogen-bond donors (Lipinski definition) is 0. The summed E-state index contributed by atoms with van der Waals surface area (Å²) in [6.45, 7) is 5.91. The Morgan fingerprint density at radius 1 is 1.11 bits per heavy atom. The molecule has 0 N–H and O–H groups in total. The van der Waals surface area contributed by atoms with Gasteiger partial charge in [0.1, 0.15) is 0 Å². The van der Waals surface area contributed by atoms with E-state index in [-0.39, 0.29) is 18.4 Å². The van der Waals surface area contributed by atoms with Crippen LogP contribution in [0.4, 0.5) is 0 Å². The molecule has 110 valence electrons. The second-order valence-corrected chi connectivity index (χ2v) is 4.99. The molecule has 1 aliphatic carbocycles. The quantitative estimate of drug-likeness (QED) is 0.654. The third-order valence-electron chi connectivity index (χ3n) is 3.86. The molecule has 19 heavy (non-hydrogen) atoms. The largest absolute Gasteiger partial charge is 0.468 e. The Bertz CT molecular complexity index is 297. The minimum absolute atomic E-state index is 0.0980. The second-order valence-electron chi connectivity index (χ2n) is 4.99. The zero-order valence-corrected chi connectivity index (χ0v) is 12.4. The number of carbonyl (C=O) groups is 2. The summed E-state index contributed by atoms with van der Waals surface area (Å²) in [5.74, 6) is -0.167. The topological polar surface area (TPSA) is 49.9 Å². The fourth-order valence-corrected chi connectivity index (χ4v) is 2.66. The van der Waals surface area contributed by atoms with Gasteiger partial charge in [0, 0.05) is 19.1 Å². The van der Waals surface area contributed by atoms with Gasteiger partial charge in [-0.25, -0.2) is 0 Å². The monoisotopic (exact) mass is 270 g/mol. The van der Waals surface area contributed by atoms with Crippen LogP contribution in [0.3, 0.4) is 0 Å². The normalized spacial score (nSPS) is 15.8. The predicted octanol–water partition coefficient (Wildman–Crippen LogP) is 1.27. The second kappa shape index (κ2) is 8.15. The lowest BCUT2D eigenvalue weighted by atomic mass is 10.2. The molecule has 0 aliphatic heterocycles. The number of hydrogen-bond acceptors (Lipinski definition) is 4. The molecule has 1 aliphatic rings. The lowest BCUT2D eigenvalue weighted by Crippen LogP contribution is -2.46. The Kier molecular flexibility index (Phi) is 6.84. The third kappa shape index (κ3) is 4.82. The SMILES string of the molecule is CCN(CC)C(=O)CN(CC(=O)OC)C1CCCC1. The summed E-state index contributed by atoms with van der Waals surface area (Å²) in [6.07, 6.45) is 4.51. The molecule has 0 atom stereocenters. The molecule has 0 spiro atoms. The van der Waals surface area contributed by atoms with E-state index in [0.29, 0.717) is 25.7 Å².